The first-order valence-electron chi connectivity index (χ1n) is 3.81. The van der Waals surface area contributed by atoms with E-state index in [2.05, 4.69) is 23.7 Å². The van der Waals surface area contributed by atoms with Crippen molar-refractivity contribution in [2.45, 2.75) is 12.8 Å². The number of hydrogen-bond donors (Lipinski definition) is 0. The van der Waals surface area contributed by atoms with E-state index < -0.39 is 0 Å². The molecule has 0 aliphatic rings. The zero-order valence-corrected chi connectivity index (χ0v) is 7.64. The summed E-state index contributed by atoms with van der Waals surface area (Å²) in [6.07, 6.45) is 1.61. The first-order chi connectivity index (χ1) is 5.91. The maximum atomic E-state index is 4.76. The Morgan fingerprint density at radius 3 is 1.50 bits per heavy atom. The van der Waals surface area contributed by atoms with E-state index in [9.17, 15) is 0 Å². The Balaban J connectivity index is 3.23. The van der Waals surface area contributed by atoms with Crippen LogP contribution in [0.1, 0.15) is 12.8 Å². The van der Waals surface area contributed by atoms with Crippen molar-refractivity contribution in [2.75, 3.05) is 27.4 Å². The highest BCUT2D eigenvalue weighted by atomic mass is 16.5. The minimum Gasteiger partial charge on any atom is -0.372 e. The summed E-state index contributed by atoms with van der Waals surface area (Å²) in [5.74, 6) is 11.6. The lowest BCUT2D eigenvalue weighted by Crippen LogP contribution is -1.81. The lowest BCUT2D eigenvalue weighted by atomic mass is 10.3. The molecule has 0 N–H and O–H groups in total. The zero-order chi connectivity index (χ0) is 9.07. The van der Waals surface area contributed by atoms with Crippen molar-refractivity contribution in [3.8, 4) is 23.7 Å². The number of rotatable bonds is 3. The molecular formula is C10H14O2. The van der Waals surface area contributed by atoms with Gasteiger partial charge in [-0.2, -0.15) is 0 Å². The third-order valence-electron chi connectivity index (χ3n) is 1.06. The van der Waals surface area contributed by atoms with Gasteiger partial charge in [0.2, 0.25) is 0 Å². The largest absolute Gasteiger partial charge is 0.372 e. The summed E-state index contributed by atoms with van der Waals surface area (Å²) in [7, 11) is 3.26. The average molecular weight is 166 g/mol. The Labute approximate surface area is 74.2 Å². The van der Waals surface area contributed by atoms with Gasteiger partial charge in [0, 0.05) is 27.1 Å². The fourth-order valence-electron chi connectivity index (χ4n) is 0.548. The van der Waals surface area contributed by atoms with E-state index in [4.69, 9.17) is 9.47 Å². The Hall–Kier alpha value is -0.960. The highest BCUT2D eigenvalue weighted by molar-refractivity contribution is 5.05. The maximum absolute atomic E-state index is 4.76. The molecule has 0 aromatic carbocycles. The predicted molar refractivity (Wildman–Crippen MR) is 48.5 cm³/mol. The van der Waals surface area contributed by atoms with Gasteiger partial charge in [0.1, 0.15) is 13.2 Å². The van der Waals surface area contributed by atoms with E-state index in [1.807, 2.05) is 0 Å². The van der Waals surface area contributed by atoms with Crippen LogP contribution in [0.25, 0.3) is 0 Å². The van der Waals surface area contributed by atoms with Gasteiger partial charge in [0.05, 0.1) is 0 Å². The van der Waals surface area contributed by atoms with Crippen molar-refractivity contribution in [2.24, 2.45) is 0 Å². The maximum Gasteiger partial charge on any atom is 0.107 e. The van der Waals surface area contributed by atoms with Crippen LogP contribution in [0, 0.1) is 23.7 Å². The second-order valence-corrected chi connectivity index (χ2v) is 2.07. The van der Waals surface area contributed by atoms with Crippen LogP contribution in [0.3, 0.4) is 0 Å². The van der Waals surface area contributed by atoms with Crippen LogP contribution in [0.4, 0.5) is 0 Å². The van der Waals surface area contributed by atoms with Gasteiger partial charge in [-0.3, -0.25) is 0 Å². The molecule has 0 aromatic rings. The van der Waals surface area contributed by atoms with Crippen molar-refractivity contribution in [3.05, 3.63) is 0 Å². The first-order valence-corrected chi connectivity index (χ1v) is 3.81. The molecule has 0 aliphatic heterocycles. The molecule has 0 bridgehead atoms. The third-order valence-corrected chi connectivity index (χ3v) is 1.06. The molecular weight excluding hydrogens is 152 g/mol. The molecule has 0 rings (SSSR count). The molecule has 0 spiro atoms. The van der Waals surface area contributed by atoms with Gasteiger partial charge in [0.15, 0.2) is 0 Å². The Bertz CT molecular complexity index is 175. The van der Waals surface area contributed by atoms with E-state index in [0.717, 1.165) is 12.8 Å². The molecule has 66 valence electrons. The Morgan fingerprint density at radius 1 is 0.750 bits per heavy atom. The monoisotopic (exact) mass is 166 g/mol. The van der Waals surface area contributed by atoms with Crippen LogP contribution in [-0.4, -0.2) is 27.4 Å². The van der Waals surface area contributed by atoms with Gasteiger partial charge >= 0.3 is 0 Å². The summed E-state index contributed by atoms with van der Waals surface area (Å²) in [5.41, 5.74) is 0. The number of ether oxygens (including phenoxy) is 2. The van der Waals surface area contributed by atoms with E-state index in [-0.39, 0.29) is 0 Å². The topological polar surface area (TPSA) is 18.5 Å². The summed E-state index contributed by atoms with van der Waals surface area (Å²) < 4.78 is 9.51. The molecule has 2 heteroatoms. The summed E-state index contributed by atoms with van der Waals surface area (Å²) >= 11 is 0. The predicted octanol–water partition coefficient (Wildman–Crippen LogP) is 1.07. The molecule has 0 radical (unpaired) electrons. The van der Waals surface area contributed by atoms with Gasteiger partial charge in [-0.05, 0) is 0 Å². The highest BCUT2D eigenvalue weighted by Gasteiger charge is 1.74. The van der Waals surface area contributed by atoms with Crippen LogP contribution in [-0.2, 0) is 9.47 Å². The second kappa shape index (κ2) is 10.0. The fraction of sp³-hybridized carbons (Fsp3) is 0.600. The molecule has 0 aliphatic carbocycles. The SMILES string of the molecule is COCC#CCCC#CCOC. The van der Waals surface area contributed by atoms with Gasteiger partial charge in [0.25, 0.3) is 0 Å². The van der Waals surface area contributed by atoms with Crippen molar-refractivity contribution in [1.82, 2.24) is 0 Å². The van der Waals surface area contributed by atoms with Crippen LogP contribution in [0.15, 0.2) is 0 Å². The van der Waals surface area contributed by atoms with E-state index in [1.165, 1.54) is 0 Å². The van der Waals surface area contributed by atoms with Crippen molar-refractivity contribution in [3.63, 3.8) is 0 Å². The standard InChI is InChI=1S/C10H14O2/c1-11-9-7-5-3-4-6-8-10-12-2/h3-4,9-10H2,1-2H3. The minimum atomic E-state index is 0.505. The quantitative estimate of drug-likeness (QED) is 0.461. The molecule has 0 saturated heterocycles. The van der Waals surface area contributed by atoms with Gasteiger partial charge in [-0.25, -0.2) is 0 Å². The van der Waals surface area contributed by atoms with Crippen molar-refractivity contribution >= 4 is 0 Å². The zero-order valence-electron chi connectivity index (χ0n) is 7.64. The number of methoxy groups -OCH3 is 2. The van der Waals surface area contributed by atoms with E-state index >= 15 is 0 Å². The van der Waals surface area contributed by atoms with Crippen LogP contribution in [0.5, 0.6) is 0 Å². The minimum absolute atomic E-state index is 0.505. The van der Waals surface area contributed by atoms with E-state index in [0.29, 0.717) is 13.2 Å². The lowest BCUT2D eigenvalue weighted by molar-refractivity contribution is 0.239. The van der Waals surface area contributed by atoms with Crippen LogP contribution >= 0.6 is 0 Å². The van der Waals surface area contributed by atoms with Crippen LogP contribution < -0.4 is 0 Å². The molecule has 0 amide bonds. The van der Waals surface area contributed by atoms with E-state index in [1.54, 1.807) is 14.2 Å². The van der Waals surface area contributed by atoms with Gasteiger partial charge in [-0.1, -0.05) is 23.7 Å². The number of hydrogen-bond acceptors (Lipinski definition) is 2. The third kappa shape index (κ3) is 9.04. The van der Waals surface area contributed by atoms with Crippen molar-refractivity contribution in [1.29, 1.82) is 0 Å². The van der Waals surface area contributed by atoms with Crippen LogP contribution in [0.2, 0.25) is 0 Å². The number of unbranched alkanes of at least 4 members (excludes halogenated alkanes) is 1. The lowest BCUT2D eigenvalue weighted by Gasteiger charge is -1.83. The molecule has 12 heavy (non-hydrogen) atoms. The first kappa shape index (κ1) is 11.0. The summed E-state index contributed by atoms with van der Waals surface area (Å²) in [5, 5.41) is 0. The summed E-state index contributed by atoms with van der Waals surface area (Å²) in [4.78, 5) is 0. The molecule has 0 atom stereocenters. The Morgan fingerprint density at radius 2 is 1.17 bits per heavy atom. The fourth-order valence-corrected chi connectivity index (χ4v) is 0.548. The highest BCUT2D eigenvalue weighted by Crippen LogP contribution is 1.82. The molecule has 0 fully saturated rings. The second-order valence-electron chi connectivity index (χ2n) is 2.07. The average Bonchev–Trinajstić information content (AvgIpc) is 2.10. The normalized spacial score (nSPS) is 7.83. The molecule has 0 saturated carbocycles. The molecule has 2 nitrogen and oxygen atoms in total. The van der Waals surface area contributed by atoms with Gasteiger partial charge in [-0.15, -0.1) is 0 Å². The molecule has 0 heterocycles. The Kier molecular flexibility index (Phi) is 9.24. The van der Waals surface area contributed by atoms with Gasteiger partial charge < -0.3 is 9.47 Å². The molecule has 0 aromatic heterocycles. The summed E-state index contributed by atoms with van der Waals surface area (Å²) in [6, 6.07) is 0. The summed E-state index contributed by atoms with van der Waals surface area (Å²) in [6.45, 7) is 1.01. The van der Waals surface area contributed by atoms with Crippen molar-refractivity contribution < 1.29 is 9.47 Å². The smallest absolute Gasteiger partial charge is 0.107 e. The molecule has 0 unspecified atom stereocenters.